The third-order valence-electron chi connectivity index (χ3n) is 3.28. The molecule has 1 aromatic carbocycles. The van der Waals surface area contributed by atoms with Gasteiger partial charge in [-0.05, 0) is 32.3 Å². The Balaban J connectivity index is 1.91. The summed E-state index contributed by atoms with van der Waals surface area (Å²) in [7, 11) is 0. The zero-order valence-electron chi connectivity index (χ0n) is 10.2. The van der Waals surface area contributed by atoms with Crippen LogP contribution in [0.3, 0.4) is 0 Å². The molecule has 0 spiro atoms. The van der Waals surface area contributed by atoms with E-state index >= 15 is 0 Å². The summed E-state index contributed by atoms with van der Waals surface area (Å²) in [6.45, 7) is 6.16. The lowest BCUT2D eigenvalue weighted by Crippen LogP contribution is -2.36. The first-order valence-corrected chi connectivity index (χ1v) is 6.16. The van der Waals surface area contributed by atoms with Crippen molar-refractivity contribution in [2.24, 2.45) is 0 Å². The number of ether oxygens (including phenoxy) is 1. The molecule has 0 saturated carbocycles. The van der Waals surface area contributed by atoms with E-state index in [-0.39, 0.29) is 0 Å². The molecule has 0 unspecified atom stereocenters. The lowest BCUT2D eigenvalue weighted by atomic mass is 10.0. The lowest BCUT2D eigenvalue weighted by Gasteiger charge is -2.27. The number of hydrogen-bond donors (Lipinski definition) is 1. The Morgan fingerprint density at radius 2 is 1.81 bits per heavy atom. The first-order valence-electron chi connectivity index (χ1n) is 6.16. The fraction of sp³-hybridized carbons (Fsp3) is 0.571. The van der Waals surface area contributed by atoms with E-state index in [1.165, 1.54) is 11.1 Å². The minimum Gasteiger partial charge on any atom is -0.381 e. The highest BCUT2D eigenvalue weighted by atomic mass is 16.5. The number of hydrogen-bond acceptors (Lipinski definition) is 2. The maximum atomic E-state index is 5.36. The van der Waals surface area contributed by atoms with Crippen LogP contribution in [0.5, 0.6) is 0 Å². The van der Waals surface area contributed by atoms with Crippen LogP contribution < -0.4 is 5.32 Å². The predicted molar refractivity (Wildman–Crippen MR) is 66.6 cm³/mol. The normalized spacial score (nSPS) is 19.6. The molecule has 1 atom stereocenters. The number of rotatable bonds is 3. The molecule has 1 N–H and O–H groups in total. The fourth-order valence-electron chi connectivity index (χ4n) is 2.17. The third-order valence-corrected chi connectivity index (χ3v) is 3.28. The monoisotopic (exact) mass is 219 g/mol. The molecule has 88 valence electrons. The van der Waals surface area contributed by atoms with Crippen molar-refractivity contribution >= 4 is 0 Å². The highest BCUT2D eigenvalue weighted by Gasteiger charge is 2.16. The summed E-state index contributed by atoms with van der Waals surface area (Å²) in [5.74, 6) is 0. The summed E-state index contributed by atoms with van der Waals surface area (Å²) in [6.07, 6.45) is 2.27. The smallest absolute Gasteiger partial charge is 0.0480 e. The summed E-state index contributed by atoms with van der Waals surface area (Å²) >= 11 is 0. The molecule has 0 aromatic heterocycles. The van der Waals surface area contributed by atoms with Crippen LogP contribution in [0.2, 0.25) is 0 Å². The molecule has 0 radical (unpaired) electrons. The molecule has 0 aliphatic carbocycles. The molecule has 0 bridgehead atoms. The van der Waals surface area contributed by atoms with Gasteiger partial charge in [-0.25, -0.2) is 0 Å². The quantitative estimate of drug-likeness (QED) is 0.844. The van der Waals surface area contributed by atoms with E-state index in [2.05, 4.69) is 43.4 Å². The highest BCUT2D eigenvalue weighted by Crippen LogP contribution is 2.16. The zero-order chi connectivity index (χ0) is 11.4. The Morgan fingerprint density at radius 3 is 2.44 bits per heavy atom. The van der Waals surface area contributed by atoms with E-state index in [4.69, 9.17) is 4.74 Å². The molecule has 16 heavy (non-hydrogen) atoms. The predicted octanol–water partition coefficient (Wildman–Crippen LogP) is 2.82. The van der Waals surface area contributed by atoms with Gasteiger partial charge in [0.05, 0.1) is 0 Å². The summed E-state index contributed by atoms with van der Waals surface area (Å²) in [5, 5.41) is 3.67. The van der Waals surface area contributed by atoms with Gasteiger partial charge in [-0.1, -0.05) is 29.8 Å². The van der Waals surface area contributed by atoms with Crippen LogP contribution in [-0.4, -0.2) is 19.3 Å². The summed E-state index contributed by atoms with van der Waals surface area (Å²) < 4.78 is 5.36. The average molecular weight is 219 g/mol. The van der Waals surface area contributed by atoms with E-state index < -0.39 is 0 Å². The Hall–Kier alpha value is -0.860. The van der Waals surface area contributed by atoms with E-state index in [0.29, 0.717) is 12.1 Å². The minimum atomic E-state index is 0.434. The molecule has 1 aliphatic heterocycles. The molecular weight excluding hydrogens is 198 g/mol. The minimum absolute atomic E-state index is 0.434. The van der Waals surface area contributed by atoms with Crippen molar-refractivity contribution < 1.29 is 4.74 Å². The van der Waals surface area contributed by atoms with Crippen molar-refractivity contribution in [3.05, 3.63) is 35.4 Å². The zero-order valence-corrected chi connectivity index (χ0v) is 10.2. The average Bonchev–Trinajstić information content (AvgIpc) is 2.31. The van der Waals surface area contributed by atoms with Crippen molar-refractivity contribution in [1.29, 1.82) is 0 Å². The lowest BCUT2D eigenvalue weighted by molar-refractivity contribution is 0.0754. The van der Waals surface area contributed by atoms with Gasteiger partial charge in [0.25, 0.3) is 0 Å². The molecular formula is C14H21NO. The third kappa shape index (κ3) is 3.06. The largest absolute Gasteiger partial charge is 0.381 e. The van der Waals surface area contributed by atoms with Gasteiger partial charge in [0.2, 0.25) is 0 Å². The van der Waals surface area contributed by atoms with Gasteiger partial charge in [0, 0.05) is 25.3 Å². The number of nitrogens with one attached hydrogen (secondary N) is 1. The van der Waals surface area contributed by atoms with E-state index in [9.17, 15) is 0 Å². The van der Waals surface area contributed by atoms with Crippen molar-refractivity contribution in [2.45, 2.75) is 38.8 Å². The van der Waals surface area contributed by atoms with Crippen LogP contribution >= 0.6 is 0 Å². The van der Waals surface area contributed by atoms with Gasteiger partial charge in [-0.2, -0.15) is 0 Å². The summed E-state index contributed by atoms with van der Waals surface area (Å²) in [5.41, 5.74) is 2.69. The van der Waals surface area contributed by atoms with Gasteiger partial charge < -0.3 is 10.1 Å². The highest BCUT2D eigenvalue weighted by molar-refractivity contribution is 5.23. The number of aryl methyl sites for hydroxylation is 1. The molecule has 1 saturated heterocycles. The molecule has 1 aromatic rings. The Morgan fingerprint density at radius 1 is 1.19 bits per heavy atom. The van der Waals surface area contributed by atoms with Gasteiger partial charge >= 0.3 is 0 Å². The molecule has 1 aliphatic rings. The maximum absolute atomic E-state index is 5.36. The summed E-state index contributed by atoms with van der Waals surface area (Å²) in [4.78, 5) is 0. The van der Waals surface area contributed by atoms with E-state index in [1.807, 2.05) is 0 Å². The maximum Gasteiger partial charge on any atom is 0.0480 e. The fourth-order valence-corrected chi connectivity index (χ4v) is 2.17. The molecule has 2 rings (SSSR count). The van der Waals surface area contributed by atoms with Crippen molar-refractivity contribution in [3.63, 3.8) is 0 Å². The summed E-state index contributed by atoms with van der Waals surface area (Å²) in [6, 6.07) is 9.84. The molecule has 1 fully saturated rings. The topological polar surface area (TPSA) is 21.3 Å². The first-order chi connectivity index (χ1) is 7.75. The van der Waals surface area contributed by atoms with Crippen LogP contribution in [0.25, 0.3) is 0 Å². The van der Waals surface area contributed by atoms with Crippen molar-refractivity contribution in [3.8, 4) is 0 Å². The SMILES string of the molecule is Cc1ccc([C@H](C)NC2CCOCC2)cc1. The second-order valence-corrected chi connectivity index (χ2v) is 4.69. The van der Waals surface area contributed by atoms with Gasteiger partial charge in [0.15, 0.2) is 0 Å². The van der Waals surface area contributed by atoms with Crippen LogP contribution in [-0.2, 0) is 4.74 Å². The molecule has 2 heteroatoms. The Bertz CT molecular complexity index is 314. The van der Waals surface area contributed by atoms with Gasteiger partial charge in [-0.15, -0.1) is 0 Å². The number of benzene rings is 1. The van der Waals surface area contributed by atoms with E-state index in [0.717, 1.165) is 26.1 Å². The van der Waals surface area contributed by atoms with Gasteiger partial charge in [-0.3, -0.25) is 0 Å². The van der Waals surface area contributed by atoms with Gasteiger partial charge in [0.1, 0.15) is 0 Å². The Labute approximate surface area is 98.0 Å². The molecule has 2 nitrogen and oxygen atoms in total. The standard InChI is InChI=1S/C14H21NO/c1-11-3-5-13(6-4-11)12(2)15-14-7-9-16-10-8-14/h3-6,12,14-15H,7-10H2,1-2H3/t12-/m0/s1. The second-order valence-electron chi connectivity index (χ2n) is 4.69. The van der Waals surface area contributed by atoms with Crippen molar-refractivity contribution in [1.82, 2.24) is 5.32 Å². The van der Waals surface area contributed by atoms with Crippen LogP contribution in [0, 0.1) is 6.92 Å². The molecule has 0 amide bonds. The van der Waals surface area contributed by atoms with Crippen LogP contribution in [0.1, 0.15) is 36.9 Å². The van der Waals surface area contributed by atoms with Crippen LogP contribution in [0.15, 0.2) is 24.3 Å². The first kappa shape index (κ1) is 11.6. The molecule has 1 heterocycles. The van der Waals surface area contributed by atoms with Crippen molar-refractivity contribution in [2.75, 3.05) is 13.2 Å². The van der Waals surface area contributed by atoms with Crippen LogP contribution in [0.4, 0.5) is 0 Å². The Kier molecular flexibility index (Phi) is 3.97. The second kappa shape index (κ2) is 5.46. The van der Waals surface area contributed by atoms with E-state index in [1.54, 1.807) is 0 Å².